The summed E-state index contributed by atoms with van der Waals surface area (Å²) >= 11 is 3.53. The monoisotopic (exact) mass is 386 g/mol. The van der Waals surface area contributed by atoms with Gasteiger partial charge in [-0.05, 0) is 42.7 Å². The minimum atomic E-state index is -0.218. The topological polar surface area (TPSA) is 26.3 Å². The van der Waals surface area contributed by atoms with Crippen LogP contribution < -0.4 is 0 Å². The Bertz CT molecular complexity index is 681. The van der Waals surface area contributed by atoms with Crippen molar-refractivity contribution in [3.63, 3.8) is 0 Å². The standard InChI is InChI=1S/C22H26O2S2/c1-16(2)21(24-18(4)23)15-17(3)22(25-19-11-7-5-8-12-19)26-20-13-9-6-10-14-20/h5-14,16,21H,15H2,1-4H3. The highest BCUT2D eigenvalue weighted by Gasteiger charge is 2.19. The average Bonchev–Trinajstić information content (AvgIpc) is 2.62. The number of ether oxygens (including phenoxy) is 1. The smallest absolute Gasteiger partial charge is 0.302 e. The van der Waals surface area contributed by atoms with Gasteiger partial charge >= 0.3 is 5.97 Å². The van der Waals surface area contributed by atoms with Crippen LogP contribution in [-0.4, -0.2) is 12.1 Å². The normalized spacial score (nSPS) is 11.9. The number of rotatable bonds is 8. The molecule has 2 aromatic rings. The molecule has 0 aliphatic heterocycles. The number of benzene rings is 2. The zero-order valence-corrected chi connectivity index (χ0v) is 17.4. The number of hydrogen-bond donors (Lipinski definition) is 0. The molecule has 0 fully saturated rings. The molecule has 0 spiro atoms. The van der Waals surface area contributed by atoms with Gasteiger partial charge in [-0.3, -0.25) is 4.79 Å². The number of thioether (sulfide) groups is 2. The summed E-state index contributed by atoms with van der Waals surface area (Å²) in [6, 6.07) is 20.8. The van der Waals surface area contributed by atoms with E-state index in [2.05, 4.69) is 69.3 Å². The van der Waals surface area contributed by atoms with Crippen LogP contribution in [0.5, 0.6) is 0 Å². The lowest BCUT2D eigenvalue weighted by Gasteiger charge is -2.22. The maximum atomic E-state index is 11.4. The highest BCUT2D eigenvalue weighted by atomic mass is 32.2. The van der Waals surface area contributed by atoms with Crippen molar-refractivity contribution in [3.05, 3.63) is 70.5 Å². The Morgan fingerprint density at radius 1 is 0.885 bits per heavy atom. The van der Waals surface area contributed by atoms with Crippen LogP contribution in [0.15, 0.2) is 80.3 Å². The van der Waals surface area contributed by atoms with Crippen LogP contribution in [0.4, 0.5) is 0 Å². The molecule has 0 aliphatic rings. The summed E-state index contributed by atoms with van der Waals surface area (Å²) in [5, 5.41) is 0. The van der Waals surface area contributed by atoms with Crippen LogP contribution in [0.2, 0.25) is 0 Å². The Labute approximate surface area is 165 Å². The Morgan fingerprint density at radius 3 is 1.73 bits per heavy atom. The van der Waals surface area contributed by atoms with E-state index in [-0.39, 0.29) is 18.0 Å². The molecule has 2 nitrogen and oxygen atoms in total. The van der Waals surface area contributed by atoms with Crippen LogP contribution in [-0.2, 0) is 9.53 Å². The predicted octanol–water partition coefficient (Wildman–Crippen LogP) is 6.78. The highest BCUT2D eigenvalue weighted by molar-refractivity contribution is 8.22. The molecule has 0 N–H and O–H groups in total. The van der Waals surface area contributed by atoms with Gasteiger partial charge in [-0.2, -0.15) is 0 Å². The van der Waals surface area contributed by atoms with E-state index in [1.54, 1.807) is 23.5 Å². The molecule has 0 saturated carbocycles. The number of carbonyl (C=O) groups is 1. The fourth-order valence-corrected chi connectivity index (χ4v) is 4.67. The minimum Gasteiger partial charge on any atom is -0.462 e. The van der Waals surface area contributed by atoms with Gasteiger partial charge < -0.3 is 4.74 Å². The Balaban J connectivity index is 2.26. The number of carbonyl (C=O) groups excluding carboxylic acids is 1. The van der Waals surface area contributed by atoms with Crippen molar-refractivity contribution >= 4 is 29.5 Å². The lowest BCUT2D eigenvalue weighted by Crippen LogP contribution is -2.22. The molecule has 26 heavy (non-hydrogen) atoms. The van der Waals surface area contributed by atoms with Crippen molar-refractivity contribution in [1.82, 2.24) is 0 Å². The molecular weight excluding hydrogens is 360 g/mol. The molecule has 0 amide bonds. The van der Waals surface area contributed by atoms with Crippen molar-refractivity contribution in [2.75, 3.05) is 0 Å². The zero-order valence-electron chi connectivity index (χ0n) is 15.8. The van der Waals surface area contributed by atoms with E-state index in [1.165, 1.54) is 26.5 Å². The molecule has 0 saturated heterocycles. The number of esters is 1. The third kappa shape index (κ3) is 6.93. The molecular formula is C22H26O2S2. The lowest BCUT2D eigenvalue weighted by atomic mass is 10.0. The van der Waals surface area contributed by atoms with Crippen LogP contribution in [0.25, 0.3) is 0 Å². The summed E-state index contributed by atoms with van der Waals surface area (Å²) in [6.45, 7) is 7.80. The van der Waals surface area contributed by atoms with Crippen LogP contribution in [0.3, 0.4) is 0 Å². The fourth-order valence-electron chi connectivity index (χ4n) is 2.40. The van der Waals surface area contributed by atoms with E-state index in [4.69, 9.17) is 4.74 Å². The van der Waals surface area contributed by atoms with E-state index < -0.39 is 0 Å². The molecule has 1 unspecified atom stereocenters. The van der Waals surface area contributed by atoms with Gasteiger partial charge in [-0.15, -0.1) is 0 Å². The predicted molar refractivity (Wildman–Crippen MR) is 112 cm³/mol. The minimum absolute atomic E-state index is 0.102. The molecule has 0 heterocycles. The molecule has 0 radical (unpaired) electrons. The molecule has 1 atom stereocenters. The molecule has 2 rings (SSSR count). The fraction of sp³-hybridized carbons (Fsp3) is 0.318. The molecule has 2 aromatic carbocycles. The summed E-state index contributed by atoms with van der Waals surface area (Å²) in [7, 11) is 0. The van der Waals surface area contributed by atoms with E-state index in [9.17, 15) is 4.79 Å². The third-order valence-electron chi connectivity index (χ3n) is 3.82. The van der Waals surface area contributed by atoms with Gasteiger partial charge in [0.05, 0.1) is 0 Å². The van der Waals surface area contributed by atoms with E-state index in [0.717, 1.165) is 6.42 Å². The van der Waals surface area contributed by atoms with E-state index in [0.29, 0.717) is 0 Å². The summed E-state index contributed by atoms with van der Waals surface area (Å²) in [4.78, 5) is 13.9. The van der Waals surface area contributed by atoms with Crippen LogP contribution in [0, 0.1) is 5.92 Å². The SMILES string of the molecule is CC(=O)OC(CC(C)=C(Sc1ccccc1)Sc1ccccc1)C(C)C. The zero-order chi connectivity index (χ0) is 18.9. The van der Waals surface area contributed by atoms with Gasteiger partial charge in [-0.1, -0.05) is 73.8 Å². The molecule has 4 heteroatoms. The summed E-state index contributed by atoms with van der Waals surface area (Å²) in [5.74, 6) is 0.0584. The Morgan fingerprint density at radius 2 is 1.35 bits per heavy atom. The second-order valence-electron chi connectivity index (χ2n) is 6.49. The first-order valence-electron chi connectivity index (χ1n) is 8.78. The van der Waals surface area contributed by atoms with Crippen molar-refractivity contribution in [1.29, 1.82) is 0 Å². The first-order chi connectivity index (χ1) is 12.5. The van der Waals surface area contributed by atoms with Crippen molar-refractivity contribution < 1.29 is 9.53 Å². The Hall–Kier alpha value is -1.65. The largest absolute Gasteiger partial charge is 0.462 e. The first-order valence-corrected chi connectivity index (χ1v) is 10.4. The molecule has 0 aliphatic carbocycles. The second-order valence-corrected chi connectivity index (χ2v) is 8.92. The maximum Gasteiger partial charge on any atom is 0.302 e. The van der Waals surface area contributed by atoms with Gasteiger partial charge in [0, 0.05) is 27.4 Å². The molecule has 0 aromatic heterocycles. The third-order valence-corrected chi connectivity index (χ3v) is 6.41. The maximum absolute atomic E-state index is 11.4. The number of hydrogen-bond acceptors (Lipinski definition) is 4. The Kier molecular flexibility index (Phi) is 8.33. The summed E-state index contributed by atoms with van der Waals surface area (Å²) < 4.78 is 6.78. The highest BCUT2D eigenvalue weighted by Crippen LogP contribution is 2.42. The van der Waals surface area contributed by atoms with Gasteiger partial charge in [0.25, 0.3) is 0 Å². The quantitative estimate of drug-likeness (QED) is 0.369. The van der Waals surface area contributed by atoms with Crippen molar-refractivity contribution in [3.8, 4) is 0 Å². The van der Waals surface area contributed by atoms with Crippen LogP contribution >= 0.6 is 23.5 Å². The lowest BCUT2D eigenvalue weighted by molar-refractivity contribution is -0.148. The van der Waals surface area contributed by atoms with E-state index >= 15 is 0 Å². The van der Waals surface area contributed by atoms with Gasteiger partial charge in [0.15, 0.2) is 0 Å². The van der Waals surface area contributed by atoms with Gasteiger partial charge in [-0.25, -0.2) is 0 Å². The van der Waals surface area contributed by atoms with Crippen LogP contribution in [0.1, 0.15) is 34.1 Å². The van der Waals surface area contributed by atoms with Crippen molar-refractivity contribution in [2.45, 2.75) is 50.0 Å². The van der Waals surface area contributed by atoms with E-state index in [1.807, 2.05) is 12.1 Å². The van der Waals surface area contributed by atoms with Crippen molar-refractivity contribution in [2.24, 2.45) is 5.92 Å². The summed E-state index contributed by atoms with van der Waals surface area (Å²) in [6.07, 6.45) is 0.641. The molecule has 138 valence electrons. The molecule has 0 bridgehead atoms. The summed E-state index contributed by atoms with van der Waals surface area (Å²) in [5.41, 5.74) is 1.24. The van der Waals surface area contributed by atoms with Gasteiger partial charge in [0.1, 0.15) is 6.10 Å². The average molecular weight is 387 g/mol. The second kappa shape index (κ2) is 10.5. The first kappa shape index (κ1) is 20.7. The van der Waals surface area contributed by atoms with Gasteiger partial charge in [0.2, 0.25) is 0 Å².